The van der Waals surface area contributed by atoms with E-state index < -0.39 is 5.79 Å². The van der Waals surface area contributed by atoms with E-state index in [2.05, 4.69) is 20.8 Å². The Kier molecular flexibility index (Phi) is 3.10. The summed E-state index contributed by atoms with van der Waals surface area (Å²) in [6.07, 6.45) is 1.04. The molecule has 0 amide bonds. The molecule has 2 fully saturated rings. The normalized spacial score (nSPS) is 44.4. The fraction of sp³-hybridized carbons (Fsp3) is 0.923. The molecule has 1 unspecified atom stereocenters. The van der Waals surface area contributed by atoms with Crippen molar-refractivity contribution in [3.05, 3.63) is 0 Å². The van der Waals surface area contributed by atoms with Gasteiger partial charge in [0.1, 0.15) is 0 Å². The number of ether oxygens (including phenoxy) is 2. The molecule has 2 aliphatic heterocycles. The SMILES string of the molecule is CC[C@@H](C)C(=N)C1CO[C@]2(C)OC[C@H]1[C@H]2C. The maximum atomic E-state index is 8.26. The smallest absolute Gasteiger partial charge is 0.168 e. The Morgan fingerprint density at radius 2 is 2.06 bits per heavy atom. The minimum atomic E-state index is -0.392. The van der Waals surface area contributed by atoms with Gasteiger partial charge in [0.25, 0.3) is 0 Å². The monoisotopic (exact) mass is 225 g/mol. The Morgan fingerprint density at radius 1 is 1.44 bits per heavy atom. The van der Waals surface area contributed by atoms with Crippen molar-refractivity contribution >= 4 is 5.71 Å². The van der Waals surface area contributed by atoms with Crippen molar-refractivity contribution in [3.8, 4) is 0 Å². The fourth-order valence-electron chi connectivity index (χ4n) is 2.85. The van der Waals surface area contributed by atoms with E-state index in [1.54, 1.807) is 0 Å². The summed E-state index contributed by atoms with van der Waals surface area (Å²) in [5, 5.41) is 8.26. The molecule has 1 N–H and O–H groups in total. The molecule has 0 aliphatic carbocycles. The van der Waals surface area contributed by atoms with Gasteiger partial charge in [-0.3, -0.25) is 0 Å². The molecule has 2 saturated heterocycles. The van der Waals surface area contributed by atoms with Gasteiger partial charge in [-0.2, -0.15) is 0 Å². The van der Waals surface area contributed by atoms with Crippen LogP contribution in [0, 0.1) is 29.1 Å². The van der Waals surface area contributed by atoms with Crippen LogP contribution >= 0.6 is 0 Å². The third kappa shape index (κ3) is 1.70. The fourth-order valence-corrected chi connectivity index (χ4v) is 2.85. The van der Waals surface area contributed by atoms with Gasteiger partial charge in [0, 0.05) is 23.5 Å². The lowest BCUT2D eigenvalue weighted by Crippen LogP contribution is -2.46. The highest BCUT2D eigenvalue weighted by Crippen LogP contribution is 2.46. The van der Waals surface area contributed by atoms with Gasteiger partial charge in [0.15, 0.2) is 5.79 Å². The van der Waals surface area contributed by atoms with Crippen LogP contribution in [0.1, 0.15) is 34.1 Å². The second-order valence-electron chi connectivity index (χ2n) is 5.46. The van der Waals surface area contributed by atoms with Crippen LogP contribution in [0.3, 0.4) is 0 Å². The largest absolute Gasteiger partial charge is 0.350 e. The third-order valence-corrected chi connectivity index (χ3v) is 4.64. The van der Waals surface area contributed by atoms with E-state index in [1.807, 2.05) is 6.92 Å². The van der Waals surface area contributed by atoms with E-state index in [4.69, 9.17) is 14.9 Å². The first-order valence-electron chi connectivity index (χ1n) is 6.35. The summed E-state index contributed by atoms with van der Waals surface area (Å²) in [5.74, 6) is 1.11. The molecule has 3 nitrogen and oxygen atoms in total. The van der Waals surface area contributed by atoms with Crippen LogP contribution in [0.5, 0.6) is 0 Å². The van der Waals surface area contributed by atoms with Gasteiger partial charge >= 0.3 is 0 Å². The molecule has 0 aromatic heterocycles. The number of rotatable bonds is 3. The molecule has 16 heavy (non-hydrogen) atoms. The molecule has 0 spiro atoms. The van der Waals surface area contributed by atoms with E-state index in [0.29, 0.717) is 24.4 Å². The van der Waals surface area contributed by atoms with Gasteiger partial charge in [-0.25, -0.2) is 0 Å². The summed E-state index contributed by atoms with van der Waals surface area (Å²) >= 11 is 0. The molecule has 2 aliphatic rings. The Hall–Kier alpha value is -0.410. The topological polar surface area (TPSA) is 42.3 Å². The maximum Gasteiger partial charge on any atom is 0.168 e. The molecule has 0 aromatic carbocycles. The first-order chi connectivity index (χ1) is 7.49. The minimum absolute atomic E-state index is 0.264. The second-order valence-corrected chi connectivity index (χ2v) is 5.46. The third-order valence-electron chi connectivity index (χ3n) is 4.64. The van der Waals surface area contributed by atoms with Crippen molar-refractivity contribution < 1.29 is 9.47 Å². The standard InChI is InChI=1S/C13H23NO2/c1-5-8(2)12(14)11-7-16-13(4)9(3)10(11)6-15-13/h8-11,14H,5-7H2,1-4H3/t8-,9-,10+,11?,13+/m1/s1. The number of hydrogen-bond acceptors (Lipinski definition) is 3. The molecule has 0 radical (unpaired) electrons. The first kappa shape index (κ1) is 12.1. The number of hydrogen-bond donors (Lipinski definition) is 1. The Bertz CT molecular complexity index is 292. The summed E-state index contributed by atoms with van der Waals surface area (Å²) in [6, 6.07) is 0. The lowest BCUT2D eigenvalue weighted by molar-refractivity contribution is -0.228. The summed E-state index contributed by atoms with van der Waals surface area (Å²) in [4.78, 5) is 0. The van der Waals surface area contributed by atoms with Crippen LogP contribution in [-0.2, 0) is 9.47 Å². The van der Waals surface area contributed by atoms with Gasteiger partial charge < -0.3 is 14.9 Å². The maximum absolute atomic E-state index is 8.26. The van der Waals surface area contributed by atoms with Crippen LogP contribution in [0.25, 0.3) is 0 Å². The highest BCUT2D eigenvalue weighted by atomic mass is 16.7. The van der Waals surface area contributed by atoms with Crippen LogP contribution in [0.15, 0.2) is 0 Å². The van der Waals surface area contributed by atoms with Crippen LogP contribution in [0.4, 0.5) is 0 Å². The van der Waals surface area contributed by atoms with E-state index in [0.717, 1.165) is 18.7 Å². The van der Waals surface area contributed by atoms with E-state index in [1.165, 1.54) is 0 Å². The van der Waals surface area contributed by atoms with E-state index >= 15 is 0 Å². The van der Waals surface area contributed by atoms with E-state index in [-0.39, 0.29) is 5.92 Å². The molecule has 2 bridgehead atoms. The molecule has 2 rings (SSSR count). The minimum Gasteiger partial charge on any atom is -0.350 e. The summed E-state index contributed by atoms with van der Waals surface area (Å²) in [7, 11) is 0. The Labute approximate surface area is 98.0 Å². The predicted molar refractivity (Wildman–Crippen MR) is 63.6 cm³/mol. The highest BCUT2D eigenvalue weighted by Gasteiger charge is 2.53. The van der Waals surface area contributed by atoms with Crippen molar-refractivity contribution in [3.63, 3.8) is 0 Å². The van der Waals surface area contributed by atoms with Crippen molar-refractivity contribution in [2.24, 2.45) is 23.7 Å². The van der Waals surface area contributed by atoms with Gasteiger partial charge in [-0.15, -0.1) is 0 Å². The van der Waals surface area contributed by atoms with Crippen molar-refractivity contribution in [1.82, 2.24) is 0 Å². The Balaban J connectivity index is 2.12. The zero-order valence-electron chi connectivity index (χ0n) is 10.7. The van der Waals surface area contributed by atoms with Crippen LogP contribution in [-0.4, -0.2) is 24.7 Å². The van der Waals surface area contributed by atoms with Crippen molar-refractivity contribution in [2.45, 2.75) is 39.9 Å². The average molecular weight is 225 g/mol. The number of nitrogens with one attached hydrogen (secondary N) is 1. The van der Waals surface area contributed by atoms with Crippen molar-refractivity contribution in [2.75, 3.05) is 13.2 Å². The lowest BCUT2D eigenvalue weighted by Gasteiger charge is -2.39. The molecule has 0 aromatic rings. The zero-order chi connectivity index (χ0) is 11.9. The predicted octanol–water partition coefficient (Wildman–Crippen LogP) is 2.70. The van der Waals surface area contributed by atoms with E-state index in [9.17, 15) is 0 Å². The van der Waals surface area contributed by atoms with Gasteiger partial charge in [-0.1, -0.05) is 20.8 Å². The van der Waals surface area contributed by atoms with Gasteiger partial charge in [0.05, 0.1) is 13.2 Å². The molecule has 2 heterocycles. The van der Waals surface area contributed by atoms with Crippen molar-refractivity contribution in [1.29, 1.82) is 5.41 Å². The second kappa shape index (κ2) is 4.11. The molecule has 0 saturated carbocycles. The van der Waals surface area contributed by atoms with Gasteiger partial charge in [-0.05, 0) is 19.3 Å². The Morgan fingerprint density at radius 3 is 2.69 bits per heavy atom. The summed E-state index contributed by atoms with van der Waals surface area (Å²) in [6.45, 7) is 9.91. The number of fused-ring (bicyclic) bond motifs is 2. The lowest BCUT2D eigenvalue weighted by atomic mass is 9.74. The molecular weight excluding hydrogens is 202 g/mol. The molecule has 3 heteroatoms. The highest BCUT2D eigenvalue weighted by molar-refractivity contribution is 5.86. The summed E-state index contributed by atoms with van der Waals surface area (Å²) in [5.41, 5.74) is 0.854. The zero-order valence-corrected chi connectivity index (χ0v) is 10.7. The molecule has 92 valence electrons. The van der Waals surface area contributed by atoms with Crippen LogP contribution < -0.4 is 0 Å². The van der Waals surface area contributed by atoms with Gasteiger partial charge in [0.2, 0.25) is 0 Å². The molecular formula is C13H23NO2. The molecule has 5 atom stereocenters. The quantitative estimate of drug-likeness (QED) is 0.750. The summed E-state index contributed by atoms with van der Waals surface area (Å²) < 4.78 is 11.6. The van der Waals surface area contributed by atoms with Crippen LogP contribution in [0.2, 0.25) is 0 Å². The first-order valence-corrected chi connectivity index (χ1v) is 6.35. The average Bonchev–Trinajstić information content (AvgIpc) is 2.49.